The van der Waals surface area contributed by atoms with Crippen LogP contribution < -0.4 is 0 Å². The lowest BCUT2D eigenvalue weighted by Crippen LogP contribution is -2.23. The van der Waals surface area contributed by atoms with Crippen LogP contribution in [0, 0.1) is 0 Å². The van der Waals surface area contributed by atoms with Crippen molar-refractivity contribution in [3.05, 3.63) is 22.5 Å². The van der Waals surface area contributed by atoms with Crippen molar-refractivity contribution in [2.24, 2.45) is 0 Å². The second-order valence-electron chi connectivity index (χ2n) is 5.55. The molecule has 24 heavy (non-hydrogen) atoms. The van der Waals surface area contributed by atoms with Gasteiger partial charge >= 0.3 is 18.1 Å². The second kappa shape index (κ2) is 6.54. The average molecular weight is 373 g/mol. The van der Waals surface area contributed by atoms with Crippen molar-refractivity contribution in [3.8, 4) is 0 Å². The minimum absolute atomic E-state index is 0.438. The number of carbonyl (C=O) groups is 2. The Bertz CT molecular complexity index is 682. The predicted molar refractivity (Wildman–Crippen MR) is 73.7 cm³/mol. The van der Waals surface area contributed by atoms with Crippen LogP contribution in [0.15, 0.2) is 4.90 Å². The van der Waals surface area contributed by atoms with E-state index in [2.05, 4.69) is 4.98 Å². The first-order valence-electron chi connectivity index (χ1n) is 6.25. The maximum Gasteiger partial charge on any atom is 0.434 e. The summed E-state index contributed by atoms with van der Waals surface area (Å²) < 4.78 is 64.4. The van der Waals surface area contributed by atoms with E-state index < -0.39 is 56.7 Å². The zero-order valence-corrected chi connectivity index (χ0v) is 13.4. The van der Waals surface area contributed by atoms with Crippen LogP contribution in [0.2, 0.25) is 0 Å². The lowest BCUT2D eigenvalue weighted by atomic mass is 10.1. The minimum Gasteiger partial charge on any atom is -0.478 e. The van der Waals surface area contributed by atoms with E-state index in [4.69, 9.17) is 10.2 Å². The van der Waals surface area contributed by atoms with Crippen molar-refractivity contribution in [3.63, 3.8) is 0 Å². The molecule has 1 rings (SSSR count). The predicted octanol–water partition coefficient (Wildman–Crippen LogP) is 4.33. The molecule has 2 N–H and O–H groups in total. The van der Waals surface area contributed by atoms with Gasteiger partial charge in [0.15, 0.2) is 5.69 Å². The van der Waals surface area contributed by atoms with Crippen molar-refractivity contribution >= 4 is 23.7 Å². The number of aromatic carboxylic acids is 2. The molecular weight excluding hydrogens is 361 g/mol. The summed E-state index contributed by atoms with van der Waals surface area (Å²) in [5, 5.41) is 18.2. The Kier molecular flexibility index (Phi) is 5.48. The Hall–Kier alpha value is -1.91. The molecule has 0 amide bonds. The first-order chi connectivity index (χ1) is 10.7. The van der Waals surface area contributed by atoms with E-state index in [1.807, 2.05) is 0 Å². The fourth-order valence-electron chi connectivity index (χ4n) is 1.76. The Balaban J connectivity index is 4.05. The molecule has 1 aromatic rings. The highest BCUT2D eigenvalue weighted by Crippen LogP contribution is 2.43. The van der Waals surface area contributed by atoms with Gasteiger partial charge in [0.1, 0.15) is 16.8 Å². The van der Waals surface area contributed by atoms with Gasteiger partial charge in [0.05, 0.1) is 0 Å². The van der Waals surface area contributed by atoms with Crippen LogP contribution in [0.1, 0.15) is 59.3 Å². The molecule has 0 aliphatic heterocycles. The van der Waals surface area contributed by atoms with Crippen molar-refractivity contribution < 1.29 is 41.8 Å². The molecule has 0 saturated heterocycles. The number of pyridine rings is 1. The van der Waals surface area contributed by atoms with Gasteiger partial charge in [0, 0.05) is 9.64 Å². The quantitative estimate of drug-likeness (QED) is 0.604. The summed E-state index contributed by atoms with van der Waals surface area (Å²) in [6, 6.07) is 0. The van der Waals surface area contributed by atoms with Crippen LogP contribution in [0.3, 0.4) is 0 Å². The number of thioether (sulfide) groups is 1. The summed E-state index contributed by atoms with van der Waals surface area (Å²) in [5.41, 5.74) is -6.37. The fourth-order valence-corrected chi connectivity index (χ4v) is 2.95. The standard InChI is InChI=1S/C13H12F5NO4S/c1-12(2,3)24-7-4(10(20)21)6(9(14)15)19-8(13(16,17)18)5(7)11(22)23/h9H,1-3H3,(H,20,21)(H,22,23). The van der Waals surface area contributed by atoms with Crippen LogP contribution in [-0.2, 0) is 6.18 Å². The van der Waals surface area contributed by atoms with Crippen LogP contribution in [0.5, 0.6) is 0 Å². The van der Waals surface area contributed by atoms with Crippen molar-refractivity contribution in [1.29, 1.82) is 0 Å². The molecule has 0 atom stereocenters. The van der Waals surface area contributed by atoms with Crippen LogP contribution in [-0.4, -0.2) is 31.9 Å². The third-order valence-corrected chi connectivity index (χ3v) is 3.72. The van der Waals surface area contributed by atoms with Gasteiger partial charge in [-0.3, -0.25) is 0 Å². The zero-order chi connectivity index (χ0) is 19.0. The molecule has 0 spiro atoms. The van der Waals surface area contributed by atoms with Gasteiger partial charge in [-0.15, -0.1) is 11.8 Å². The second-order valence-corrected chi connectivity index (χ2v) is 7.39. The summed E-state index contributed by atoms with van der Waals surface area (Å²) in [5.74, 6) is -4.09. The van der Waals surface area contributed by atoms with Gasteiger partial charge in [-0.05, 0) is 0 Å². The molecule has 0 radical (unpaired) electrons. The molecule has 1 heterocycles. The van der Waals surface area contributed by atoms with E-state index in [9.17, 15) is 31.5 Å². The van der Waals surface area contributed by atoms with E-state index in [1.54, 1.807) is 0 Å². The fraction of sp³-hybridized carbons (Fsp3) is 0.462. The van der Waals surface area contributed by atoms with Crippen molar-refractivity contribution in [1.82, 2.24) is 4.98 Å². The molecule has 0 fully saturated rings. The van der Waals surface area contributed by atoms with Gasteiger partial charge in [0.25, 0.3) is 6.43 Å². The highest BCUT2D eigenvalue weighted by Gasteiger charge is 2.43. The SMILES string of the molecule is CC(C)(C)Sc1c(C(=O)O)c(C(F)F)nc(C(F)(F)F)c1C(=O)O. The monoisotopic (exact) mass is 373 g/mol. The normalized spacial score (nSPS) is 12.5. The minimum atomic E-state index is -5.35. The molecule has 11 heteroatoms. The number of aromatic nitrogens is 1. The van der Waals surface area contributed by atoms with Crippen LogP contribution in [0.25, 0.3) is 0 Å². The summed E-state index contributed by atoms with van der Waals surface area (Å²) in [4.78, 5) is 24.3. The third kappa shape index (κ3) is 4.34. The molecule has 0 aliphatic carbocycles. The van der Waals surface area contributed by atoms with E-state index >= 15 is 0 Å². The zero-order valence-electron chi connectivity index (χ0n) is 12.5. The molecule has 134 valence electrons. The van der Waals surface area contributed by atoms with Gasteiger partial charge in [0.2, 0.25) is 0 Å². The Morgan fingerprint density at radius 2 is 1.50 bits per heavy atom. The van der Waals surface area contributed by atoms with E-state index in [0.717, 1.165) is 0 Å². The maximum atomic E-state index is 13.1. The topological polar surface area (TPSA) is 87.5 Å². The molecule has 0 bridgehead atoms. The summed E-state index contributed by atoms with van der Waals surface area (Å²) >= 11 is 0.438. The number of hydrogen-bond acceptors (Lipinski definition) is 4. The smallest absolute Gasteiger partial charge is 0.434 e. The van der Waals surface area contributed by atoms with Gasteiger partial charge < -0.3 is 10.2 Å². The first kappa shape index (κ1) is 20.1. The Morgan fingerprint density at radius 1 is 1.04 bits per heavy atom. The van der Waals surface area contributed by atoms with Crippen molar-refractivity contribution in [2.45, 2.75) is 43.0 Å². The highest BCUT2D eigenvalue weighted by molar-refractivity contribution is 8.00. The number of nitrogens with zero attached hydrogens (tertiary/aromatic N) is 1. The van der Waals surface area contributed by atoms with Gasteiger partial charge in [-0.25, -0.2) is 23.4 Å². The molecule has 0 unspecified atom stereocenters. The lowest BCUT2D eigenvalue weighted by Gasteiger charge is -2.23. The van der Waals surface area contributed by atoms with Gasteiger partial charge in [-0.2, -0.15) is 13.2 Å². The van der Waals surface area contributed by atoms with E-state index in [0.29, 0.717) is 11.8 Å². The number of rotatable bonds is 4. The summed E-state index contributed by atoms with van der Waals surface area (Å²) in [6.07, 6.45) is -8.97. The van der Waals surface area contributed by atoms with E-state index in [-0.39, 0.29) is 0 Å². The van der Waals surface area contributed by atoms with E-state index in [1.165, 1.54) is 20.8 Å². The third-order valence-electron chi connectivity index (χ3n) is 2.49. The largest absolute Gasteiger partial charge is 0.478 e. The number of carboxylic acids is 2. The lowest BCUT2D eigenvalue weighted by molar-refractivity contribution is -0.142. The Morgan fingerprint density at radius 3 is 1.79 bits per heavy atom. The van der Waals surface area contributed by atoms with Crippen molar-refractivity contribution in [2.75, 3.05) is 0 Å². The summed E-state index contributed by atoms with van der Waals surface area (Å²) in [6.45, 7) is 4.39. The molecular formula is C13H12F5NO4S. The molecule has 0 saturated carbocycles. The number of halogens is 5. The highest BCUT2D eigenvalue weighted by atomic mass is 32.2. The molecule has 0 aromatic carbocycles. The van der Waals surface area contributed by atoms with Crippen LogP contribution in [0.4, 0.5) is 22.0 Å². The number of carboxylic acid groups (broad SMARTS) is 2. The molecule has 1 aromatic heterocycles. The van der Waals surface area contributed by atoms with Gasteiger partial charge in [-0.1, -0.05) is 20.8 Å². The molecule has 0 aliphatic rings. The van der Waals surface area contributed by atoms with Crippen LogP contribution >= 0.6 is 11.8 Å². The first-order valence-corrected chi connectivity index (χ1v) is 7.07. The molecule has 5 nitrogen and oxygen atoms in total. The summed E-state index contributed by atoms with van der Waals surface area (Å²) in [7, 11) is 0. The Labute approximate surface area is 136 Å². The number of alkyl halides is 5. The average Bonchev–Trinajstić information content (AvgIpc) is 2.32. The maximum absolute atomic E-state index is 13.1. The number of hydrogen-bond donors (Lipinski definition) is 2.